The van der Waals surface area contributed by atoms with Crippen molar-refractivity contribution in [1.29, 1.82) is 0 Å². The van der Waals surface area contributed by atoms with Crippen molar-refractivity contribution < 1.29 is 19.7 Å². The van der Waals surface area contributed by atoms with Crippen LogP contribution in [0.4, 0.5) is 4.39 Å². The van der Waals surface area contributed by atoms with Gasteiger partial charge < -0.3 is 15.3 Å². The lowest BCUT2D eigenvalue weighted by Crippen LogP contribution is -2.58. The average molecular weight is 326 g/mol. The van der Waals surface area contributed by atoms with E-state index >= 15 is 0 Å². The van der Waals surface area contributed by atoms with Crippen LogP contribution in [0.5, 0.6) is 0 Å². The van der Waals surface area contributed by atoms with E-state index < -0.39 is 18.4 Å². The molecule has 4 heteroatoms. The average Bonchev–Trinajstić information content (AvgIpc) is 2.73. The van der Waals surface area contributed by atoms with E-state index in [-0.39, 0.29) is 28.8 Å². The van der Waals surface area contributed by atoms with Gasteiger partial charge in [-0.2, -0.15) is 0 Å². The van der Waals surface area contributed by atoms with Gasteiger partial charge in [0.25, 0.3) is 0 Å². The first-order valence-electron chi connectivity index (χ1n) is 9.45. The first-order chi connectivity index (χ1) is 10.8. The van der Waals surface area contributed by atoms with Crippen LogP contribution in [0.1, 0.15) is 58.8 Å². The summed E-state index contributed by atoms with van der Waals surface area (Å²) in [6.45, 7) is 4.37. The van der Waals surface area contributed by atoms with Crippen LogP contribution in [0.25, 0.3) is 0 Å². The Hall–Kier alpha value is -0.190. The van der Waals surface area contributed by atoms with Crippen molar-refractivity contribution in [3.05, 3.63) is 0 Å². The molecule has 0 spiro atoms. The fourth-order valence-electron chi connectivity index (χ4n) is 7.15. The third-order valence-electron chi connectivity index (χ3n) is 8.59. The van der Waals surface area contributed by atoms with Crippen LogP contribution >= 0.6 is 0 Å². The van der Waals surface area contributed by atoms with Gasteiger partial charge in [0, 0.05) is 0 Å². The zero-order chi connectivity index (χ0) is 16.6. The monoisotopic (exact) mass is 326 g/mol. The molecule has 3 nitrogen and oxygen atoms in total. The van der Waals surface area contributed by atoms with E-state index in [1.807, 2.05) is 6.92 Å². The van der Waals surface area contributed by atoms with Gasteiger partial charge >= 0.3 is 0 Å². The SMILES string of the molecule is C[C@]12CC[C@@H](O)C[C@@H]1C[C@H](O)[C@@H]1[C@@H]2CC[C@]2(C)[C@@H](O)[C@H](F)C[C@@H]12. The van der Waals surface area contributed by atoms with Gasteiger partial charge in [0.05, 0.1) is 18.3 Å². The smallest absolute Gasteiger partial charge is 0.127 e. The molecule has 0 aliphatic heterocycles. The van der Waals surface area contributed by atoms with Crippen LogP contribution in [0, 0.1) is 34.5 Å². The Morgan fingerprint density at radius 3 is 2.30 bits per heavy atom. The second-order valence-electron chi connectivity index (χ2n) is 9.47. The first-order valence-corrected chi connectivity index (χ1v) is 9.45. The van der Waals surface area contributed by atoms with Crippen LogP contribution in [-0.4, -0.2) is 39.8 Å². The van der Waals surface area contributed by atoms with E-state index in [0.717, 1.165) is 38.5 Å². The molecule has 0 amide bonds. The highest BCUT2D eigenvalue weighted by Crippen LogP contribution is 2.66. The minimum Gasteiger partial charge on any atom is -0.393 e. The van der Waals surface area contributed by atoms with Crippen molar-refractivity contribution in [3.8, 4) is 0 Å². The zero-order valence-electron chi connectivity index (χ0n) is 14.3. The Morgan fingerprint density at radius 2 is 1.57 bits per heavy atom. The fraction of sp³-hybridized carbons (Fsp3) is 1.00. The van der Waals surface area contributed by atoms with Gasteiger partial charge in [-0.3, -0.25) is 0 Å². The molecule has 23 heavy (non-hydrogen) atoms. The summed E-state index contributed by atoms with van der Waals surface area (Å²) in [6.07, 6.45) is 2.97. The maximum absolute atomic E-state index is 14.3. The van der Waals surface area contributed by atoms with Gasteiger partial charge in [-0.15, -0.1) is 0 Å². The molecule has 4 aliphatic rings. The number of alkyl halides is 1. The number of hydrogen-bond donors (Lipinski definition) is 3. The molecule has 0 bridgehead atoms. The zero-order valence-corrected chi connectivity index (χ0v) is 14.3. The number of aliphatic hydroxyl groups excluding tert-OH is 3. The summed E-state index contributed by atoms with van der Waals surface area (Å²) in [4.78, 5) is 0. The highest BCUT2D eigenvalue weighted by Gasteiger charge is 2.64. The summed E-state index contributed by atoms with van der Waals surface area (Å²) >= 11 is 0. The molecule has 132 valence electrons. The molecule has 10 atom stereocenters. The lowest BCUT2D eigenvalue weighted by atomic mass is 9.44. The normalized spacial score (nSPS) is 62.3. The molecule has 0 radical (unpaired) electrons. The second kappa shape index (κ2) is 5.15. The van der Waals surface area contributed by atoms with E-state index in [1.165, 1.54) is 0 Å². The summed E-state index contributed by atoms with van der Waals surface area (Å²) in [6, 6.07) is 0. The Morgan fingerprint density at radius 1 is 0.870 bits per heavy atom. The largest absolute Gasteiger partial charge is 0.393 e. The number of rotatable bonds is 0. The van der Waals surface area contributed by atoms with Crippen molar-refractivity contribution in [2.75, 3.05) is 0 Å². The Kier molecular flexibility index (Phi) is 3.65. The molecule has 0 heterocycles. The van der Waals surface area contributed by atoms with Crippen molar-refractivity contribution >= 4 is 0 Å². The van der Waals surface area contributed by atoms with E-state index in [9.17, 15) is 19.7 Å². The van der Waals surface area contributed by atoms with Crippen molar-refractivity contribution in [3.63, 3.8) is 0 Å². The molecule has 4 fully saturated rings. The first kappa shape index (κ1) is 16.3. The van der Waals surface area contributed by atoms with Gasteiger partial charge in [-0.25, -0.2) is 4.39 Å². The Labute approximate surface area is 138 Å². The van der Waals surface area contributed by atoms with Crippen LogP contribution in [0.2, 0.25) is 0 Å². The number of fused-ring (bicyclic) bond motifs is 5. The topological polar surface area (TPSA) is 60.7 Å². The van der Waals surface area contributed by atoms with Crippen molar-refractivity contribution in [2.24, 2.45) is 34.5 Å². The van der Waals surface area contributed by atoms with Gasteiger partial charge in [0.15, 0.2) is 0 Å². The predicted molar refractivity (Wildman–Crippen MR) is 85.4 cm³/mol. The maximum atomic E-state index is 14.3. The highest BCUT2D eigenvalue weighted by atomic mass is 19.1. The van der Waals surface area contributed by atoms with E-state index in [2.05, 4.69) is 6.92 Å². The van der Waals surface area contributed by atoms with E-state index in [0.29, 0.717) is 18.3 Å². The van der Waals surface area contributed by atoms with E-state index in [1.54, 1.807) is 0 Å². The van der Waals surface area contributed by atoms with Crippen LogP contribution in [0.15, 0.2) is 0 Å². The minimum absolute atomic E-state index is 0.0888. The van der Waals surface area contributed by atoms with Crippen molar-refractivity contribution in [2.45, 2.75) is 83.3 Å². The van der Waals surface area contributed by atoms with Crippen LogP contribution in [-0.2, 0) is 0 Å². The van der Waals surface area contributed by atoms with Gasteiger partial charge in [0.1, 0.15) is 6.17 Å². The van der Waals surface area contributed by atoms with Crippen LogP contribution in [0.3, 0.4) is 0 Å². The molecule has 0 aromatic heterocycles. The molecule has 0 unspecified atom stereocenters. The second-order valence-corrected chi connectivity index (χ2v) is 9.47. The third-order valence-corrected chi connectivity index (χ3v) is 8.59. The summed E-state index contributed by atoms with van der Waals surface area (Å²) in [7, 11) is 0. The fourth-order valence-corrected chi connectivity index (χ4v) is 7.15. The lowest BCUT2D eigenvalue weighted by Gasteiger charge is -2.61. The standard InChI is InChI=1S/C19H31FO3/c1-18-5-3-11(21)7-10(18)8-15(22)16-12(18)4-6-19(2)13(16)9-14(20)17(19)23/h10-17,21-23H,3-9H2,1-2H3/t10-,11-,12+,13+,14-,15+,16-,17+,18+,19+/m1/s1. The molecule has 4 aliphatic carbocycles. The van der Waals surface area contributed by atoms with Gasteiger partial charge in [0.2, 0.25) is 0 Å². The Bertz CT molecular complexity index is 485. The van der Waals surface area contributed by atoms with Crippen molar-refractivity contribution in [1.82, 2.24) is 0 Å². The highest BCUT2D eigenvalue weighted by molar-refractivity contribution is 5.13. The molecule has 4 saturated carbocycles. The minimum atomic E-state index is -1.14. The lowest BCUT2D eigenvalue weighted by molar-refractivity contribution is -0.177. The van der Waals surface area contributed by atoms with Gasteiger partial charge in [-0.05, 0) is 79.4 Å². The third kappa shape index (κ3) is 2.10. The predicted octanol–water partition coefficient (Wildman–Crippen LogP) is 2.67. The molecule has 0 aromatic rings. The maximum Gasteiger partial charge on any atom is 0.127 e. The number of hydrogen-bond acceptors (Lipinski definition) is 3. The number of aliphatic hydroxyl groups is 3. The summed E-state index contributed by atoms with van der Waals surface area (Å²) in [5.41, 5.74) is -0.219. The van der Waals surface area contributed by atoms with E-state index in [4.69, 9.17) is 0 Å². The molecule has 3 N–H and O–H groups in total. The molecule has 0 saturated heterocycles. The quantitative estimate of drug-likeness (QED) is 0.641. The Balaban J connectivity index is 1.68. The molecular formula is C19H31FO3. The summed E-state index contributed by atoms with van der Waals surface area (Å²) in [5, 5.41) is 31.3. The van der Waals surface area contributed by atoms with Crippen LogP contribution < -0.4 is 0 Å². The number of halogens is 1. The molecular weight excluding hydrogens is 295 g/mol. The van der Waals surface area contributed by atoms with Gasteiger partial charge in [-0.1, -0.05) is 13.8 Å². The summed E-state index contributed by atoms with van der Waals surface area (Å²) in [5.74, 6) is 0.977. The summed E-state index contributed by atoms with van der Waals surface area (Å²) < 4.78 is 14.3. The molecule has 0 aromatic carbocycles. The molecule has 4 rings (SSSR count).